The maximum atomic E-state index is 12.8. The van der Waals surface area contributed by atoms with Crippen LogP contribution in [0.3, 0.4) is 0 Å². The lowest BCUT2D eigenvalue weighted by Gasteiger charge is -2.31. The topological polar surface area (TPSA) is 60.0 Å². The number of methoxy groups -OCH3 is 1. The molecule has 2 aromatic carbocycles. The normalized spacial score (nSPS) is 16.4. The molecule has 0 aromatic heterocycles. The summed E-state index contributed by atoms with van der Waals surface area (Å²) >= 11 is 0. The van der Waals surface area contributed by atoms with E-state index in [-0.39, 0.29) is 24.1 Å². The van der Waals surface area contributed by atoms with Gasteiger partial charge in [0.1, 0.15) is 12.4 Å². The Balaban J connectivity index is 1.60. The summed E-state index contributed by atoms with van der Waals surface area (Å²) in [4.78, 5) is 14.4. The van der Waals surface area contributed by atoms with Gasteiger partial charge >= 0.3 is 6.03 Å². The van der Waals surface area contributed by atoms with Crippen molar-refractivity contribution in [3.05, 3.63) is 54.1 Å². The molecule has 28 heavy (non-hydrogen) atoms. The Morgan fingerprint density at radius 3 is 2.50 bits per heavy atom. The standard InChI is InChI=1S/C22H28N2O4/c1-15(2)21(16-9-11-17(26-4)12-10-16)23-22(25)24(3)13-18-14-27-19-7-5-6-8-20(19)28-18/h5-12,15,18,21H,13-14H2,1-4H3,(H,23,25)/t18-,21-/m1/s1. The van der Waals surface area contributed by atoms with Gasteiger partial charge in [0.05, 0.1) is 19.7 Å². The van der Waals surface area contributed by atoms with Crippen molar-refractivity contribution < 1.29 is 19.0 Å². The number of carbonyl (C=O) groups excluding carboxylic acids is 1. The molecule has 6 nitrogen and oxygen atoms in total. The van der Waals surface area contributed by atoms with E-state index in [4.69, 9.17) is 14.2 Å². The van der Waals surface area contributed by atoms with Crippen LogP contribution in [-0.4, -0.2) is 44.3 Å². The van der Waals surface area contributed by atoms with Crippen LogP contribution in [0.1, 0.15) is 25.5 Å². The Hall–Kier alpha value is -2.89. The van der Waals surface area contributed by atoms with Crippen molar-refractivity contribution in [1.82, 2.24) is 10.2 Å². The summed E-state index contributed by atoms with van der Waals surface area (Å²) in [5.41, 5.74) is 1.05. The summed E-state index contributed by atoms with van der Waals surface area (Å²) in [6, 6.07) is 15.1. The summed E-state index contributed by atoms with van der Waals surface area (Å²) in [5, 5.41) is 3.13. The van der Waals surface area contributed by atoms with E-state index in [1.54, 1.807) is 19.1 Å². The molecule has 0 unspecified atom stereocenters. The molecule has 0 radical (unpaired) electrons. The van der Waals surface area contributed by atoms with E-state index < -0.39 is 0 Å². The third kappa shape index (κ3) is 4.68. The number of benzene rings is 2. The number of ether oxygens (including phenoxy) is 3. The van der Waals surface area contributed by atoms with E-state index in [9.17, 15) is 4.79 Å². The fourth-order valence-corrected chi connectivity index (χ4v) is 3.23. The minimum absolute atomic E-state index is 0.0925. The number of nitrogens with one attached hydrogen (secondary N) is 1. The second-order valence-corrected chi connectivity index (χ2v) is 7.32. The van der Waals surface area contributed by atoms with Crippen molar-refractivity contribution in [1.29, 1.82) is 0 Å². The van der Waals surface area contributed by atoms with E-state index in [0.717, 1.165) is 17.1 Å². The molecule has 3 rings (SSSR count). The van der Waals surface area contributed by atoms with E-state index in [2.05, 4.69) is 19.2 Å². The van der Waals surface area contributed by atoms with Crippen LogP contribution in [0.2, 0.25) is 0 Å². The SMILES string of the molecule is COc1ccc([C@H](NC(=O)N(C)C[C@@H]2COc3ccccc3O2)C(C)C)cc1. The molecular weight excluding hydrogens is 356 g/mol. The maximum Gasteiger partial charge on any atom is 0.317 e. The fourth-order valence-electron chi connectivity index (χ4n) is 3.23. The highest BCUT2D eigenvalue weighted by Crippen LogP contribution is 2.31. The highest BCUT2D eigenvalue weighted by molar-refractivity contribution is 5.74. The van der Waals surface area contributed by atoms with Crippen molar-refractivity contribution in [2.45, 2.75) is 26.0 Å². The second kappa shape index (κ2) is 8.87. The largest absolute Gasteiger partial charge is 0.497 e. The Bertz CT molecular complexity index is 791. The first-order valence-electron chi connectivity index (χ1n) is 9.52. The first-order chi connectivity index (χ1) is 13.5. The zero-order valence-electron chi connectivity index (χ0n) is 16.8. The summed E-state index contributed by atoms with van der Waals surface area (Å²) in [7, 11) is 3.41. The zero-order chi connectivity index (χ0) is 20.1. The van der Waals surface area contributed by atoms with Crippen molar-refractivity contribution in [3.63, 3.8) is 0 Å². The smallest absolute Gasteiger partial charge is 0.317 e. The third-order valence-electron chi connectivity index (χ3n) is 4.81. The van der Waals surface area contributed by atoms with Gasteiger partial charge in [0.2, 0.25) is 0 Å². The van der Waals surface area contributed by atoms with Crippen molar-refractivity contribution in [2.24, 2.45) is 5.92 Å². The van der Waals surface area contributed by atoms with E-state index in [1.807, 2.05) is 48.5 Å². The van der Waals surface area contributed by atoms with Crippen LogP contribution in [0.25, 0.3) is 0 Å². The highest BCUT2D eigenvalue weighted by Gasteiger charge is 2.25. The van der Waals surface area contributed by atoms with Gasteiger partial charge in [-0.2, -0.15) is 0 Å². The summed E-state index contributed by atoms with van der Waals surface area (Å²) in [5.74, 6) is 2.49. The zero-order valence-corrected chi connectivity index (χ0v) is 16.8. The van der Waals surface area contributed by atoms with Crippen molar-refractivity contribution in [2.75, 3.05) is 27.3 Å². The van der Waals surface area contributed by atoms with Gasteiger partial charge in [-0.3, -0.25) is 0 Å². The number of carbonyl (C=O) groups is 1. The van der Waals surface area contributed by atoms with Crippen molar-refractivity contribution in [3.8, 4) is 17.2 Å². The molecule has 2 aromatic rings. The lowest BCUT2D eigenvalue weighted by molar-refractivity contribution is 0.0710. The number of likely N-dealkylation sites (N-methyl/N-ethyl adjacent to an activating group) is 1. The van der Waals surface area contributed by atoms with Gasteiger partial charge in [0.25, 0.3) is 0 Å². The maximum absolute atomic E-state index is 12.8. The Labute approximate surface area is 166 Å². The van der Waals surface area contributed by atoms with Gasteiger partial charge in [-0.05, 0) is 35.7 Å². The minimum atomic E-state index is -0.205. The first kappa shape index (κ1) is 19.9. The van der Waals surface area contributed by atoms with Crippen molar-refractivity contribution >= 4 is 6.03 Å². The van der Waals surface area contributed by atoms with Gasteiger partial charge in [0, 0.05) is 7.05 Å². The minimum Gasteiger partial charge on any atom is -0.497 e. The lowest BCUT2D eigenvalue weighted by Crippen LogP contribution is -2.47. The number of fused-ring (bicyclic) bond motifs is 1. The molecular formula is C22H28N2O4. The van der Waals surface area contributed by atoms with Crippen LogP contribution in [0.4, 0.5) is 4.79 Å². The number of para-hydroxylation sites is 2. The first-order valence-corrected chi connectivity index (χ1v) is 9.52. The average molecular weight is 384 g/mol. The molecule has 0 saturated carbocycles. The quantitative estimate of drug-likeness (QED) is 0.821. The molecule has 0 spiro atoms. The lowest BCUT2D eigenvalue weighted by atomic mass is 9.96. The molecule has 0 saturated heterocycles. The summed E-state index contributed by atoms with van der Waals surface area (Å²) in [6.45, 7) is 5.03. The van der Waals surface area contributed by atoms with E-state index in [0.29, 0.717) is 18.9 Å². The molecule has 0 fully saturated rings. The van der Waals surface area contributed by atoms with Crippen LogP contribution in [0, 0.1) is 5.92 Å². The van der Waals surface area contributed by atoms with Gasteiger partial charge in [0.15, 0.2) is 17.6 Å². The number of amides is 2. The van der Waals surface area contributed by atoms with E-state index >= 15 is 0 Å². The fraction of sp³-hybridized carbons (Fsp3) is 0.409. The Morgan fingerprint density at radius 1 is 1.18 bits per heavy atom. The molecule has 1 N–H and O–H groups in total. The predicted octanol–water partition coefficient (Wildman–Crippen LogP) is 3.87. The van der Waals surface area contributed by atoms with Crippen LogP contribution in [-0.2, 0) is 0 Å². The number of nitrogens with zero attached hydrogens (tertiary/aromatic N) is 1. The molecule has 150 valence electrons. The van der Waals surface area contributed by atoms with Gasteiger partial charge in [-0.25, -0.2) is 4.79 Å². The molecule has 6 heteroatoms. The van der Waals surface area contributed by atoms with E-state index in [1.165, 1.54) is 0 Å². The number of urea groups is 1. The van der Waals surface area contributed by atoms with Crippen LogP contribution < -0.4 is 19.5 Å². The van der Waals surface area contributed by atoms with Gasteiger partial charge in [-0.1, -0.05) is 38.1 Å². The monoisotopic (exact) mass is 384 g/mol. The molecule has 1 aliphatic heterocycles. The van der Waals surface area contributed by atoms with Crippen LogP contribution >= 0.6 is 0 Å². The highest BCUT2D eigenvalue weighted by atomic mass is 16.6. The molecule has 0 aliphatic carbocycles. The summed E-state index contributed by atoms with van der Waals surface area (Å²) in [6.07, 6.45) is -0.205. The third-order valence-corrected chi connectivity index (χ3v) is 4.81. The number of hydrogen-bond donors (Lipinski definition) is 1. The predicted molar refractivity (Wildman–Crippen MR) is 108 cm³/mol. The molecule has 2 amide bonds. The molecule has 1 aliphatic rings. The van der Waals surface area contributed by atoms with Crippen LogP contribution in [0.15, 0.2) is 48.5 Å². The van der Waals surface area contributed by atoms with Gasteiger partial charge in [-0.15, -0.1) is 0 Å². The Morgan fingerprint density at radius 2 is 1.86 bits per heavy atom. The summed E-state index contributed by atoms with van der Waals surface area (Å²) < 4.78 is 16.9. The molecule has 2 atom stereocenters. The number of rotatable bonds is 6. The molecule has 1 heterocycles. The molecule has 0 bridgehead atoms. The van der Waals surface area contributed by atoms with Crippen LogP contribution in [0.5, 0.6) is 17.2 Å². The average Bonchev–Trinajstić information content (AvgIpc) is 2.71. The second-order valence-electron chi connectivity index (χ2n) is 7.32. The number of hydrogen-bond acceptors (Lipinski definition) is 4. The van der Waals surface area contributed by atoms with Gasteiger partial charge < -0.3 is 24.4 Å². The Kier molecular flexibility index (Phi) is 6.29.